The van der Waals surface area contributed by atoms with Gasteiger partial charge in [-0.2, -0.15) is 0 Å². The average Bonchev–Trinajstić information content (AvgIpc) is 2.54. The minimum atomic E-state index is -1.86. The molecule has 1 saturated carbocycles. The molecule has 3 rings (SSSR count). The van der Waals surface area contributed by atoms with Crippen LogP contribution in [0.2, 0.25) is 18.1 Å². The highest BCUT2D eigenvalue weighted by Gasteiger charge is 2.49. The number of rotatable bonds is 3. The predicted molar refractivity (Wildman–Crippen MR) is 108 cm³/mol. The highest BCUT2D eigenvalue weighted by Crippen LogP contribution is 2.52. The maximum Gasteiger partial charge on any atom is 0.250 e. The van der Waals surface area contributed by atoms with Crippen molar-refractivity contribution in [2.45, 2.75) is 89.5 Å². The van der Waals surface area contributed by atoms with Gasteiger partial charge in [-0.25, -0.2) is 0 Å². The molecule has 1 N–H and O–H groups in total. The highest BCUT2D eigenvalue weighted by atomic mass is 28.4. The molecule has 0 radical (unpaired) electrons. The van der Waals surface area contributed by atoms with Gasteiger partial charge in [0, 0.05) is 11.8 Å². The standard InChI is InChI=1S/C22H34O3Si/c1-7-22-14-20(24)19(23)13-16(22)9-8-15-12-17(10-11-18(15)22)25-26(5,6)21(2,3)4/h10-12,16,19,23H,7-9,13-14H2,1-6H3. The monoisotopic (exact) mass is 374 g/mol. The third kappa shape index (κ3) is 3.16. The van der Waals surface area contributed by atoms with Gasteiger partial charge in [0.25, 0.3) is 0 Å². The van der Waals surface area contributed by atoms with Crippen LogP contribution >= 0.6 is 0 Å². The first-order chi connectivity index (χ1) is 12.0. The average molecular weight is 375 g/mol. The molecule has 1 fully saturated rings. The molecule has 2 aliphatic rings. The summed E-state index contributed by atoms with van der Waals surface area (Å²) in [6, 6.07) is 6.53. The second-order valence-corrected chi connectivity index (χ2v) is 14.5. The molecule has 2 aliphatic carbocycles. The lowest BCUT2D eigenvalue weighted by Gasteiger charge is -2.49. The molecule has 1 aromatic rings. The molecule has 3 nitrogen and oxygen atoms in total. The van der Waals surface area contributed by atoms with Crippen molar-refractivity contribution in [1.82, 2.24) is 0 Å². The molecule has 0 heterocycles. The molecular weight excluding hydrogens is 340 g/mol. The smallest absolute Gasteiger partial charge is 0.250 e. The fourth-order valence-corrected chi connectivity index (χ4v) is 5.64. The fourth-order valence-electron chi connectivity index (χ4n) is 4.62. The van der Waals surface area contributed by atoms with E-state index in [2.05, 4.69) is 59.0 Å². The molecule has 4 heteroatoms. The molecule has 0 aromatic heterocycles. The number of aliphatic hydroxyl groups excluding tert-OH is 1. The Bertz CT molecular complexity index is 704. The Hall–Kier alpha value is -1.13. The molecule has 0 saturated heterocycles. The summed E-state index contributed by atoms with van der Waals surface area (Å²) >= 11 is 0. The third-order valence-corrected chi connectivity index (χ3v) is 11.7. The Labute approximate surface area is 159 Å². The zero-order valence-corrected chi connectivity index (χ0v) is 18.2. The van der Waals surface area contributed by atoms with Crippen LogP contribution in [-0.4, -0.2) is 25.3 Å². The normalized spacial score (nSPS) is 29.1. The molecule has 3 unspecified atom stereocenters. The van der Waals surface area contributed by atoms with Gasteiger partial charge < -0.3 is 9.53 Å². The lowest BCUT2D eigenvalue weighted by atomic mass is 9.55. The molecule has 1 aromatic carbocycles. The Balaban J connectivity index is 1.95. The summed E-state index contributed by atoms with van der Waals surface area (Å²) < 4.78 is 6.51. The summed E-state index contributed by atoms with van der Waals surface area (Å²) in [5.41, 5.74) is 2.56. The van der Waals surface area contributed by atoms with E-state index in [1.54, 1.807) is 0 Å². The second-order valence-electron chi connectivity index (χ2n) is 9.82. The van der Waals surface area contributed by atoms with Crippen molar-refractivity contribution in [3.8, 4) is 5.75 Å². The minimum Gasteiger partial charge on any atom is -0.543 e. The van der Waals surface area contributed by atoms with Gasteiger partial charge in [0.2, 0.25) is 8.32 Å². The second kappa shape index (κ2) is 6.49. The molecule has 0 spiro atoms. The van der Waals surface area contributed by atoms with Gasteiger partial charge in [-0.3, -0.25) is 4.79 Å². The van der Waals surface area contributed by atoms with Crippen molar-refractivity contribution in [2.24, 2.45) is 5.92 Å². The van der Waals surface area contributed by atoms with E-state index in [9.17, 15) is 9.90 Å². The summed E-state index contributed by atoms with van der Waals surface area (Å²) in [4.78, 5) is 12.3. The van der Waals surface area contributed by atoms with Crippen LogP contribution in [0.15, 0.2) is 18.2 Å². The first-order valence-electron chi connectivity index (χ1n) is 10.0. The lowest BCUT2D eigenvalue weighted by molar-refractivity contribution is -0.134. The SMILES string of the molecule is CCC12CC(=O)C(O)CC1CCc1cc(O[Si](C)(C)C(C)(C)C)ccc12. The predicted octanol–water partition coefficient (Wildman–Crippen LogP) is 5.00. The van der Waals surface area contributed by atoms with E-state index in [4.69, 9.17) is 4.43 Å². The lowest BCUT2D eigenvalue weighted by Crippen LogP contribution is -2.49. The van der Waals surface area contributed by atoms with Crippen molar-refractivity contribution >= 4 is 14.1 Å². The molecule has 0 bridgehead atoms. The van der Waals surface area contributed by atoms with Crippen molar-refractivity contribution in [1.29, 1.82) is 0 Å². The van der Waals surface area contributed by atoms with Crippen LogP contribution in [0.1, 0.15) is 64.5 Å². The van der Waals surface area contributed by atoms with Crippen LogP contribution in [-0.2, 0) is 16.6 Å². The maximum absolute atomic E-state index is 12.3. The number of Topliss-reactive ketones (excluding diaryl/α,β-unsaturated/α-hetero) is 1. The summed E-state index contributed by atoms with van der Waals surface area (Å²) in [6.45, 7) is 13.5. The number of carbonyl (C=O) groups is 1. The Kier molecular flexibility index (Phi) is 4.89. The summed E-state index contributed by atoms with van der Waals surface area (Å²) in [5.74, 6) is 1.39. The topological polar surface area (TPSA) is 46.5 Å². The molecule has 26 heavy (non-hydrogen) atoms. The van der Waals surface area contributed by atoms with Crippen LogP contribution in [0.3, 0.4) is 0 Å². The quantitative estimate of drug-likeness (QED) is 0.757. The highest BCUT2D eigenvalue weighted by molar-refractivity contribution is 6.74. The Morgan fingerprint density at radius 3 is 2.62 bits per heavy atom. The van der Waals surface area contributed by atoms with E-state index in [1.165, 1.54) is 11.1 Å². The van der Waals surface area contributed by atoms with Crippen molar-refractivity contribution < 1.29 is 14.3 Å². The largest absolute Gasteiger partial charge is 0.543 e. The minimum absolute atomic E-state index is 0.0116. The van der Waals surface area contributed by atoms with E-state index in [1.807, 2.05) is 0 Å². The van der Waals surface area contributed by atoms with Crippen LogP contribution < -0.4 is 4.43 Å². The van der Waals surface area contributed by atoms with Gasteiger partial charge in [-0.15, -0.1) is 0 Å². The van der Waals surface area contributed by atoms with Crippen LogP contribution in [0.25, 0.3) is 0 Å². The number of hydrogen-bond donors (Lipinski definition) is 1. The number of aliphatic hydroxyl groups is 1. The summed E-state index contributed by atoms with van der Waals surface area (Å²) in [6.07, 6.45) is 3.35. The molecular formula is C22H34O3Si. The van der Waals surface area contributed by atoms with Gasteiger partial charge >= 0.3 is 0 Å². The number of benzene rings is 1. The Morgan fingerprint density at radius 1 is 1.31 bits per heavy atom. The van der Waals surface area contributed by atoms with Crippen LogP contribution in [0.4, 0.5) is 0 Å². The zero-order valence-electron chi connectivity index (χ0n) is 17.2. The van der Waals surface area contributed by atoms with Crippen molar-refractivity contribution in [2.75, 3.05) is 0 Å². The van der Waals surface area contributed by atoms with Crippen LogP contribution in [0.5, 0.6) is 5.75 Å². The summed E-state index contributed by atoms with van der Waals surface area (Å²) in [5, 5.41) is 10.2. The van der Waals surface area contributed by atoms with E-state index < -0.39 is 14.4 Å². The Morgan fingerprint density at radius 2 is 2.00 bits per heavy atom. The van der Waals surface area contributed by atoms with Gasteiger partial charge in [0.15, 0.2) is 5.78 Å². The molecule has 3 atom stereocenters. The maximum atomic E-state index is 12.3. The molecule has 0 amide bonds. The van der Waals surface area contributed by atoms with Crippen molar-refractivity contribution in [3.63, 3.8) is 0 Å². The van der Waals surface area contributed by atoms with Crippen molar-refractivity contribution in [3.05, 3.63) is 29.3 Å². The van der Waals surface area contributed by atoms with E-state index in [0.717, 1.165) is 25.0 Å². The molecule has 144 valence electrons. The first-order valence-corrected chi connectivity index (χ1v) is 12.9. The number of aryl methyl sites for hydroxylation is 1. The van der Waals surface area contributed by atoms with E-state index >= 15 is 0 Å². The number of fused-ring (bicyclic) bond motifs is 3. The van der Waals surface area contributed by atoms with E-state index in [0.29, 0.717) is 18.8 Å². The number of ketones is 1. The van der Waals surface area contributed by atoms with Crippen LogP contribution in [0, 0.1) is 5.92 Å². The third-order valence-electron chi connectivity index (χ3n) is 7.34. The van der Waals surface area contributed by atoms with Gasteiger partial charge in [-0.05, 0) is 73.0 Å². The van der Waals surface area contributed by atoms with E-state index in [-0.39, 0.29) is 16.2 Å². The number of hydrogen-bond acceptors (Lipinski definition) is 3. The molecule has 0 aliphatic heterocycles. The van der Waals surface area contributed by atoms with Gasteiger partial charge in [-0.1, -0.05) is 33.8 Å². The number of carbonyl (C=O) groups excluding carboxylic acids is 1. The fraction of sp³-hybridized carbons (Fsp3) is 0.682. The van der Waals surface area contributed by atoms with Gasteiger partial charge in [0.1, 0.15) is 11.9 Å². The zero-order chi connectivity index (χ0) is 19.3. The van der Waals surface area contributed by atoms with Gasteiger partial charge in [0.05, 0.1) is 0 Å². The first kappa shape index (κ1) is 19.6. The summed E-state index contributed by atoms with van der Waals surface area (Å²) in [7, 11) is -1.86.